The Balaban J connectivity index is 2.39. The Kier molecular flexibility index (Phi) is 3.77. The van der Waals surface area contributed by atoms with Gasteiger partial charge in [-0.05, 0) is 13.8 Å². The van der Waals surface area contributed by atoms with Crippen molar-refractivity contribution in [2.75, 3.05) is 10.7 Å². The van der Waals surface area contributed by atoms with Crippen molar-refractivity contribution in [3.8, 4) is 0 Å². The largest absolute Gasteiger partial charge is 0.353 e. The van der Waals surface area contributed by atoms with E-state index < -0.39 is 10.5 Å². The van der Waals surface area contributed by atoms with Gasteiger partial charge >= 0.3 is 5.69 Å². The molecular weight excluding hydrogens is 282 g/mol. The van der Waals surface area contributed by atoms with Crippen LogP contribution in [0.1, 0.15) is 18.9 Å². The molecule has 0 amide bonds. The van der Waals surface area contributed by atoms with Gasteiger partial charge in [-0.1, -0.05) is 0 Å². The van der Waals surface area contributed by atoms with Crippen molar-refractivity contribution in [1.82, 2.24) is 15.0 Å². The molecule has 0 aromatic carbocycles. The number of anilines is 2. The fourth-order valence-corrected chi connectivity index (χ4v) is 2.27. The molecule has 0 saturated heterocycles. The zero-order valence-electron chi connectivity index (χ0n) is 10.8. The monoisotopic (exact) mass is 295 g/mol. The molecule has 106 valence electrons. The predicted molar refractivity (Wildman–Crippen MR) is 75.3 cm³/mol. The van der Waals surface area contributed by atoms with E-state index in [4.69, 9.17) is 5.84 Å². The van der Waals surface area contributed by atoms with Crippen LogP contribution in [0.5, 0.6) is 0 Å². The molecule has 0 fully saturated rings. The molecule has 0 radical (unpaired) electrons. The van der Waals surface area contributed by atoms with Crippen LogP contribution in [-0.4, -0.2) is 19.9 Å². The number of hydrazine groups is 1. The van der Waals surface area contributed by atoms with Gasteiger partial charge < -0.3 is 5.32 Å². The maximum atomic E-state index is 11.0. The van der Waals surface area contributed by atoms with Crippen molar-refractivity contribution in [3.63, 3.8) is 0 Å². The fraction of sp³-hybridized carbons (Fsp3) is 0.300. The average Bonchev–Trinajstić information content (AvgIpc) is 2.92. The van der Waals surface area contributed by atoms with Crippen molar-refractivity contribution < 1.29 is 4.92 Å². The van der Waals surface area contributed by atoms with Crippen LogP contribution in [0.2, 0.25) is 0 Å². The summed E-state index contributed by atoms with van der Waals surface area (Å²) in [5.74, 6) is 5.39. The third-order valence-electron chi connectivity index (χ3n) is 2.49. The van der Waals surface area contributed by atoms with Gasteiger partial charge in [0.15, 0.2) is 0 Å². The molecule has 2 aromatic heterocycles. The topological polar surface area (TPSA) is 132 Å². The van der Waals surface area contributed by atoms with Gasteiger partial charge in [0.1, 0.15) is 11.2 Å². The third kappa shape index (κ3) is 2.81. The second-order valence-corrected chi connectivity index (χ2v) is 5.31. The maximum Gasteiger partial charge on any atom is 0.329 e. The average molecular weight is 295 g/mol. The number of nitro groups is 1. The first kappa shape index (κ1) is 14.1. The van der Waals surface area contributed by atoms with Crippen molar-refractivity contribution in [2.24, 2.45) is 5.84 Å². The van der Waals surface area contributed by atoms with Gasteiger partial charge in [-0.15, -0.1) is 11.3 Å². The van der Waals surface area contributed by atoms with E-state index in [1.54, 1.807) is 6.20 Å². The number of aromatic nitrogens is 3. The van der Waals surface area contributed by atoms with Crippen molar-refractivity contribution in [2.45, 2.75) is 19.4 Å². The molecule has 4 N–H and O–H groups in total. The van der Waals surface area contributed by atoms with Gasteiger partial charge in [-0.25, -0.2) is 15.8 Å². The first-order valence-corrected chi connectivity index (χ1v) is 6.48. The summed E-state index contributed by atoms with van der Waals surface area (Å²) in [5.41, 5.74) is 1.42. The van der Waals surface area contributed by atoms with Gasteiger partial charge in [-0.3, -0.25) is 15.5 Å². The molecule has 0 bridgehead atoms. The zero-order valence-corrected chi connectivity index (χ0v) is 11.6. The first-order chi connectivity index (χ1) is 9.44. The van der Waals surface area contributed by atoms with E-state index in [1.807, 2.05) is 19.2 Å². The number of nitrogens with two attached hydrogens (primary N) is 1. The SMILES string of the molecule is CC(C)(Nc1nc(NN)ncc1[N+](=O)[O-])c1nccs1. The second-order valence-electron chi connectivity index (χ2n) is 4.42. The van der Waals surface area contributed by atoms with Gasteiger partial charge in [0.25, 0.3) is 0 Å². The molecule has 0 saturated carbocycles. The predicted octanol–water partition coefficient (Wildman–Crippen LogP) is 1.47. The van der Waals surface area contributed by atoms with E-state index in [0.29, 0.717) is 0 Å². The molecule has 0 atom stereocenters. The minimum Gasteiger partial charge on any atom is -0.353 e. The molecule has 0 aliphatic carbocycles. The lowest BCUT2D eigenvalue weighted by Gasteiger charge is -2.24. The summed E-state index contributed by atoms with van der Waals surface area (Å²) >= 11 is 1.45. The van der Waals surface area contributed by atoms with Crippen LogP contribution in [0.15, 0.2) is 17.8 Å². The molecule has 2 aromatic rings. The summed E-state index contributed by atoms with van der Waals surface area (Å²) in [6, 6.07) is 0. The van der Waals surface area contributed by atoms with Crippen LogP contribution in [-0.2, 0) is 5.54 Å². The van der Waals surface area contributed by atoms with Crippen LogP contribution < -0.4 is 16.6 Å². The highest BCUT2D eigenvalue weighted by atomic mass is 32.1. The van der Waals surface area contributed by atoms with Crippen molar-refractivity contribution >= 4 is 28.8 Å². The number of thiazole rings is 1. The van der Waals surface area contributed by atoms with Crippen molar-refractivity contribution in [3.05, 3.63) is 32.9 Å². The molecule has 10 heteroatoms. The second kappa shape index (κ2) is 5.35. The number of nitrogens with zero attached hydrogens (tertiary/aromatic N) is 4. The van der Waals surface area contributed by atoms with Gasteiger partial charge in [0.05, 0.1) is 10.5 Å². The molecule has 9 nitrogen and oxygen atoms in total. The summed E-state index contributed by atoms with van der Waals surface area (Å²) < 4.78 is 0. The van der Waals surface area contributed by atoms with E-state index in [9.17, 15) is 10.1 Å². The summed E-state index contributed by atoms with van der Waals surface area (Å²) in [5, 5.41) is 16.6. The standard InChI is InChI=1S/C10H13N7O2S/c1-10(2,8-12-3-4-20-8)15-7-6(17(18)19)5-13-9(14-7)16-11/h3-5H,11H2,1-2H3,(H2,13,14,15,16). The van der Waals surface area contributed by atoms with Crippen LogP contribution in [0.25, 0.3) is 0 Å². The van der Waals surface area contributed by atoms with E-state index in [0.717, 1.165) is 11.2 Å². The molecule has 0 aliphatic rings. The zero-order chi connectivity index (χ0) is 14.8. The van der Waals surface area contributed by atoms with Crippen LogP contribution in [0.3, 0.4) is 0 Å². The number of hydrogen-bond donors (Lipinski definition) is 3. The number of rotatable bonds is 5. The maximum absolute atomic E-state index is 11.0. The highest BCUT2D eigenvalue weighted by Gasteiger charge is 2.28. The molecule has 2 heterocycles. The van der Waals surface area contributed by atoms with Crippen LogP contribution in [0, 0.1) is 10.1 Å². The molecule has 20 heavy (non-hydrogen) atoms. The lowest BCUT2D eigenvalue weighted by molar-refractivity contribution is -0.384. The van der Waals surface area contributed by atoms with Crippen LogP contribution >= 0.6 is 11.3 Å². The molecule has 0 spiro atoms. The Hall–Kier alpha value is -2.33. The number of nitrogen functional groups attached to an aromatic ring is 1. The summed E-state index contributed by atoms with van der Waals surface area (Å²) in [7, 11) is 0. The molecule has 0 aliphatic heterocycles. The van der Waals surface area contributed by atoms with E-state index in [2.05, 4.69) is 25.7 Å². The lowest BCUT2D eigenvalue weighted by Crippen LogP contribution is -2.29. The normalized spacial score (nSPS) is 11.2. The Morgan fingerprint density at radius 2 is 2.20 bits per heavy atom. The summed E-state index contributed by atoms with van der Waals surface area (Å²) in [6.07, 6.45) is 2.77. The number of nitrogens with one attached hydrogen (secondary N) is 2. The van der Waals surface area contributed by atoms with E-state index >= 15 is 0 Å². The molecular formula is C10H13N7O2S. The Bertz CT molecular complexity index is 614. The highest BCUT2D eigenvalue weighted by Crippen LogP contribution is 2.30. The van der Waals surface area contributed by atoms with Gasteiger partial charge in [-0.2, -0.15) is 4.98 Å². The minimum absolute atomic E-state index is 0.0816. The Morgan fingerprint density at radius 1 is 1.45 bits per heavy atom. The Morgan fingerprint density at radius 3 is 2.75 bits per heavy atom. The molecule has 2 rings (SSSR count). The van der Waals surface area contributed by atoms with Crippen molar-refractivity contribution in [1.29, 1.82) is 0 Å². The fourth-order valence-electron chi connectivity index (χ4n) is 1.55. The first-order valence-electron chi connectivity index (χ1n) is 5.60. The minimum atomic E-state index is -0.612. The van der Waals surface area contributed by atoms with E-state index in [-0.39, 0.29) is 17.5 Å². The number of hydrogen-bond acceptors (Lipinski definition) is 9. The smallest absolute Gasteiger partial charge is 0.329 e. The van der Waals surface area contributed by atoms with Crippen LogP contribution in [0.4, 0.5) is 17.5 Å². The lowest BCUT2D eigenvalue weighted by atomic mass is 10.1. The quantitative estimate of drug-likeness (QED) is 0.429. The van der Waals surface area contributed by atoms with Gasteiger partial charge in [0.2, 0.25) is 11.8 Å². The Labute approximate surface area is 118 Å². The highest BCUT2D eigenvalue weighted by molar-refractivity contribution is 7.09. The molecule has 0 unspecified atom stereocenters. The van der Waals surface area contributed by atoms with E-state index in [1.165, 1.54) is 11.3 Å². The summed E-state index contributed by atoms with van der Waals surface area (Å²) in [4.78, 5) is 22.4. The third-order valence-corrected chi connectivity index (χ3v) is 3.59. The summed E-state index contributed by atoms with van der Waals surface area (Å²) in [6.45, 7) is 3.71. The van der Waals surface area contributed by atoms with Gasteiger partial charge in [0, 0.05) is 11.6 Å².